The highest BCUT2D eigenvalue weighted by Gasteiger charge is 2.19. The lowest BCUT2D eigenvalue weighted by atomic mass is 9.99. The van der Waals surface area contributed by atoms with Crippen molar-refractivity contribution in [3.05, 3.63) is 47.5 Å². The molecule has 4 nitrogen and oxygen atoms in total. The monoisotopic (exact) mass is 399 g/mol. The van der Waals surface area contributed by atoms with Crippen LogP contribution in [0.25, 0.3) is 0 Å². The summed E-state index contributed by atoms with van der Waals surface area (Å²) in [5, 5.41) is 0. The first-order valence-electron chi connectivity index (χ1n) is 11.2. The van der Waals surface area contributed by atoms with Gasteiger partial charge in [0.2, 0.25) is 5.90 Å². The molecule has 0 radical (unpaired) electrons. The van der Waals surface area contributed by atoms with Gasteiger partial charge >= 0.3 is 0 Å². The number of allylic oxidation sites excluding steroid dienone is 2. The fourth-order valence-corrected chi connectivity index (χ4v) is 3.18. The van der Waals surface area contributed by atoms with Crippen molar-refractivity contribution in [1.82, 2.24) is 0 Å². The van der Waals surface area contributed by atoms with Gasteiger partial charge in [-0.3, -0.25) is 4.99 Å². The van der Waals surface area contributed by atoms with E-state index in [1.54, 1.807) is 6.08 Å². The Bertz CT molecular complexity index is 693. The van der Waals surface area contributed by atoms with Crippen LogP contribution in [0.1, 0.15) is 92.4 Å². The van der Waals surface area contributed by atoms with Crippen molar-refractivity contribution in [3.63, 3.8) is 0 Å². The lowest BCUT2D eigenvalue weighted by Gasteiger charge is -2.15. The minimum Gasteiger partial charge on any atom is -0.475 e. The molecule has 1 rings (SSSR count). The maximum absolute atomic E-state index is 6.36. The molecule has 4 heteroatoms. The quantitative estimate of drug-likeness (QED) is 0.283. The lowest BCUT2D eigenvalue weighted by molar-refractivity contribution is 0.228. The van der Waals surface area contributed by atoms with E-state index in [4.69, 9.17) is 15.5 Å². The standard InChI is InChI=1S/C25H41N3O/c1-8-10-12-13-14-15-19(5)23(16-11-9-2)28-24-21(7)25(29-18(3)4)27-20(6)17-22(24)26/h17-18H,5-6,8-16,26H2,1-4,7H3. The molecule has 0 unspecified atom stereocenters. The Hall–Kier alpha value is -2.10. The fraction of sp³-hybridized carbons (Fsp3) is 0.600. The van der Waals surface area contributed by atoms with Crippen LogP contribution in [0.3, 0.4) is 0 Å². The van der Waals surface area contributed by atoms with Crippen LogP contribution in [0.15, 0.2) is 57.5 Å². The molecule has 0 atom stereocenters. The first-order valence-corrected chi connectivity index (χ1v) is 11.2. The average Bonchev–Trinajstić information content (AvgIpc) is 2.74. The Morgan fingerprint density at radius 2 is 1.76 bits per heavy atom. The Kier molecular flexibility index (Phi) is 11.3. The number of unbranched alkanes of at least 4 members (excludes halogenated alkanes) is 5. The molecule has 1 aliphatic rings. The molecule has 0 saturated carbocycles. The van der Waals surface area contributed by atoms with E-state index in [9.17, 15) is 0 Å². The summed E-state index contributed by atoms with van der Waals surface area (Å²) in [5.41, 5.74) is 11.2. The van der Waals surface area contributed by atoms with E-state index in [2.05, 4.69) is 32.0 Å². The molecule has 162 valence electrons. The zero-order valence-electron chi connectivity index (χ0n) is 19.3. The highest BCUT2D eigenvalue weighted by Crippen LogP contribution is 2.24. The number of ether oxygens (including phenoxy) is 1. The van der Waals surface area contributed by atoms with E-state index in [0.717, 1.165) is 54.7 Å². The summed E-state index contributed by atoms with van der Waals surface area (Å²) in [4.78, 5) is 9.49. The zero-order valence-corrected chi connectivity index (χ0v) is 19.3. The summed E-state index contributed by atoms with van der Waals surface area (Å²) in [6.45, 7) is 18.7. The zero-order chi connectivity index (χ0) is 21.8. The van der Waals surface area contributed by atoms with Crippen LogP contribution in [0, 0.1) is 0 Å². The molecule has 0 aliphatic carbocycles. The maximum Gasteiger partial charge on any atom is 0.219 e. The summed E-state index contributed by atoms with van der Waals surface area (Å²) in [6, 6.07) is 0. The molecule has 0 aromatic rings. The number of hydrogen-bond acceptors (Lipinski definition) is 4. The molecule has 1 heterocycles. The summed E-state index contributed by atoms with van der Waals surface area (Å²) in [5.74, 6) is 0.542. The lowest BCUT2D eigenvalue weighted by Crippen LogP contribution is -2.15. The normalized spacial score (nSPS) is 15.4. The van der Waals surface area contributed by atoms with Crippen LogP contribution in [0.2, 0.25) is 0 Å². The first kappa shape index (κ1) is 24.9. The second-order valence-electron chi connectivity index (χ2n) is 8.08. The van der Waals surface area contributed by atoms with E-state index in [1.165, 1.54) is 25.7 Å². The number of hydrogen-bond donors (Lipinski definition) is 1. The van der Waals surface area contributed by atoms with E-state index in [0.29, 0.717) is 17.3 Å². The van der Waals surface area contributed by atoms with Crippen LogP contribution < -0.4 is 5.73 Å². The summed E-state index contributed by atoms with van der Waals surface area (Å²) in [7, 11) is 0. The molecule has 0 spiro atoms. The molecule has 0 fully saturated rings. The molecule has 0 amide bonds. The smallest absolute Gasteiger partial charge is 0.219 e. The second kappa shape index (κ2) is 13.2. The van der Waals surface area contributed by atoms with Gasteiger partial charge in [-0.25, -0.2) is 4.99 Å². The number of rotatable bonds is 12. The Balaban J connectivity index is 3.15. The highest BCUT2D eigenvalue weighted by molar-refractivity contribution is 6.02. The fourth-order valence-electron chi connectivity index (χ4n) is 3.18. The van der Waals surface area contributed by atoms with Crippen LogP contribution >= 0.6 is 0 Å². The third kappa shape index (κ3) is 8.84. The Morgan fingerprint density at radius 3 is 2.38 bits per heavy atom. The Labute approximate surface area is 178 Å². The summed E-state index contributed by atoms with van der Waals surface area (Å²) in [6.07, 6.45) is 12.1. The van der Waals surface area contributed by atoms with Crippen molar-refractivity contribution in [2.45, 2.75) is 98.5 Å². The predicted octanol–water partition coefficient (Wildman–Crippen LogP) is 7.00. The number of nitrogens with zero attached hydrogens (tertiary/aromatic N) is 2. The topological polar surface area (TPSA) is 60.0 Å². The minimum atomic E-state index is 0.0127. The first-order chi connectivity index (χ1) is 13.8. The van der Waals surface area contributed by atoms with Crippen LogP contribution in [-0.2, 0) is 4.74 Å². The van der Waals surface area contributed by atoms with Crippen molar-refractivity contribution >= 4 is 11.6 Å². The number of nitrogens with two attached hydrogens (primary N) is 1. The van der Waals surface area contributed by atoms with Gasteiger partial charge in [0.15, 0.2) is 0 Å². The van der Waals surface area contributed by atoms with Gasteiger partial charge < -0.3 is 10.5 Å². The molecule has 2 N–H and O–H groups in total. The molecule has 1 aliphatic heterocycles. The van der Waals surface area contributed by atoms with Gasteiger partial charge in [0, 0.05) is 11.3 Å². The maximum atomic E-state index is 6.36. The largest absolute Gasteiger partial charge is 0.475 e. The average molecular weight is 400 g/mol. The minimum absolute atomic E-state index is 0.0127. The number of aliphatic imine (C=N–C) groups is 2. The third-order valence-electron chi connectivity index (χ3n) is 4.87. The third-order valence-corrected chi connectivity index (χ3v) is 4.87. The van der Waals surface area contributed by atoms with E-state index in [-0.39, 0.29) is 6.10 Å². The van der Waals surface area contributed by atoms with Gasteiger partial charge in [-0.05, 0) is 58.1 Å². The molecule has 0 saturated heterocycles. The predicted molar refractivity (Wildman–Crippen MR) is 127 cm³/mol. The molecule has 0 aromatic heterocycles. The van der Waals surface area contributed by atoms with Crippen molar-refractivity contribution in [2.75, 3.05) is 0 Å². The van der Waals surface area contributed by atoms with Gasteiger partial charge in [0.05, 0.1) is 23.2 Å². The van der Waals surface area contributed by atoms with E-state index in [1.807, 2.05) is 20.8 Å². The van der Waals surface area contributed by atoms with E-state index < -0.39 is 0 Å². The summed E-state index contributed by atoms with van der Waals surface area (Å²) < 4.78 is 5.91. The van der Waals surface area contributed by atoms with Gasteiger partial charge in [-0.1, -0.05) is 59.1 Å². The van der Waals surface area contributed by atoms with Gasteiger partial charge in [0.1, 0.15) is 0 Å². The molecule has 0 bridgehead atoms. The van der Waals surface area contributed by atoms with Crippen molar-refractivity contribution in [3.8, 4) is 0 Å². The van der Waals surface area contributed by atoms with Crippen molar-refractivity contribution in [1.29, 1.82) is 0 Å². The van der Waals surface area contributed by atoms with Crippen LogP contribution in [0.5, 0.6) is 0 Å². The van der Waals surface area contributed by atoms with Crippen LogP contribution in [0.4, 0.5) is 0 Å². The molecule has 0 aromatic carbocycles. The van der Waals surface area contributed by atoms with Crippen LogP contribution in [-0.4, -0.2) is 17.7 Å². The van der Waals surface area contributed by atoms with Crippen molar-refractivity contribution < 1.29 is 4.74 Å². The van der Waals surface area contributed by atoms with Gasteiger partial charge in [-0.2, -0.15) is 0 Å². The SMILES string of the molecule is C=C1C=C(N)C(N=C(CCCC)C(=C)CCCCCCC)=C(C)C(OC(C)C)=N1. The highest BCUT2D eigenvalue weighted by atomic mass is 16.5. The second-order valence-corrected chi connectivity index (χ2v) is 8.08. The van der Waals surface area contributed by atoms with E-state index >= 15 is 0 Å². The molecule has 29 heavy (non-hydrogen) atoms. The van der Waals surface area contributed by atoms with Crippen molar-refractivity contribution in [2.24, 2.45) is 15.7 Å². The van der Waals surface area contributed by atoms with Gasteiger partial charge in [0.25, 0.3) is 0 Å². The summed E-state index contributed by atoms with van der Waals surface area (Å²) >= 11 is 0. The molecular formula is C25H41N3O. The molecular weight excluding hydrogens is 358 g/mol. The Morgan fingerprint density at radius 1 is 1.10 bits per heavy atom. The van der Waals surface area contributed by atoms with Gasteiger partial charge in [-0.15, -0.1) is 0 Å².